The van der Waals surface area contributed by atoms with Crippen molar-refractivity contribution in [3.63, 3.8) is 0 Å². The van der Waals surface area contributed by atoms with Crippen LogP contribution in [0.1, 0.15) is 18.9 Å². The zero-order valence-corrected chi connectivity index (χ0v) is 10.1. The number of hydrogen-bond acceptors (Lipinski definition) is 3. The fraction of sp³-hybridized carbons (Fsp3) is 0.462. The highest BCUT2D eigenvalue weighted by Crippen LogP contribution is 2.14. The van der Waals surface area contributed by atoms with E-state index in [1.165, 1.54) is 5.56 Å². The Labute approximate surface area is 102 Å². The summed E-state index contributed by atoms with van der Waals surface area (Å²) in [6.07, 6.45) is 0.848. The Kier molecular flexibility index (Phi) is 3.64. The molecule has 0 bridgehead atoms. The lowest BCUT2D eigenvalue weighted by Crippen LogP contribution is -2.54. The zero-order valence-electron chi connectivity index (χ0n) is 10.1. The number of nitrogens with zero attached hydrogens (tertiary/aromatic N) is 1. The first-order valence-corrected chi connectivity index (χ1v) is 6.07. The molecule has 0 aliphatic carbocycles. The highest BCUT2D eigenvalue weighted by molar-refractivity contribution is 5.82. The number of carbonyl (C=O) groups excluding carboxylic acids is 1. The van der Waals surface area contributed by atoms with Gasteiger partial charge in [0, 0.05) is 25.3 Å². The Hall–Kier alpha value is -1.55. The molecule has 17 heavy (non-hydrogen) atoms. The number of piperazine rings is 1. The fourth-order valence-electron chi connectivity index (χ4n) is 2.25. The summed E-state index contributed by atoms with van der Waals surface area (Å²) >= 11 is 0. The van der Waals surface area contributed by atoms with E-state index < -0.39 is 0 Å². The molecule has 1 saturated heterocycles. The summed E-state index contributed by atoms with van der Waals surface area (Å²) in [5, 5.41) is 2.91. The minimum Gasteiger partial charge on any atom is -0.399 e. The van der Waals surface area contributed by atoms with Gasteiger partial charge in [-0.1, -0.05) is 19.1 Å². The normalized spacial score (nSPS) is 21.2. The second-order valence-electron chi connectivity index (χ2n) is 4.43. The van der Waals surface area contributed by atoms with Crippen molar-refractivity contribution in [2.45, 2.75) is 25.9 Å². The maximum absolute atomic E-state index is 11.7. The predicted octanol–water partition coefficient (Wildman–Crippen LogP) is 0.979. The van der Waals surface area contributed by atoms with Gasteiger partial charge >= 0.3 is 0 Å². The van der Waals surface area contributed by atoms with Crippen LogP contribution in [0.5, 0.6) is 0 Å². The molecule has 1 amide bonds. The van der Waals surface area contributed by atoms with Gasteiger partial charge in [-0.2, -0.15) is 0 Å². The lowest BCUT2D eigenvalue weighted by molar-refractivity contribution is -0.129. The van der Waals surface area contributed by atoms with E-state index in [4.69, 9.17) is 5.73 Å². The van der Waals surface area contributed by atoms with E-state index in [0.29, 0.717) is 0 Å². The zero-order chi connectivity index (χ0) is 12.3. The molecule has 3 N–H and O–H groups in total. The average molecular weight is 233 g/mol. The van der Waals surface area contributed by atoms with E-state index >= 15 is 0 Å². The van der Waals surface area contributed by atoms with Gasteiger partial charge in [-0.05, 0) is 24.1 Å². The molecular formula is C13H19N3O. The maximum atomic E-state index is 11.7. The van der Waals surface area contributed by atoms with Crippen LogP contribution in [0.15, 0.2) is 24.3 Å². The van der Waals surface area contributed by atoms with Crippen molar-refractivity contribution < 1.29 is 4.79 Å². The molecule has 2 rings (SSSR count). The molecule has 0 saturated carbocycles. The Morgan fingerprint density at radius 1 is 1.41 bits per heavy atom. The van der Waals surface area contributed by atoms with Gasteiger partial charge in [0.05, 0.1) is 6.04 Å². The lowest BCUT2D eigenvalue weighted by atomic mass is 10.1. The Bertz CT molecular complexity index is 388. The molecule has 0 spiro atoms. The minimum absolute atomic E-state index is 0.00121. The molecule has 1 unspecified atom stereocenters. The molecule has 1 aromatic rings. The number of nitrogens with two attached hydrogens (primary N) is 1. The van der Waals surface area contributed by atoms with Crippen LogP contribution in [0.4, 0.5) is 5.69 Å². The third-order valence-corrected chi connectivity index (χ3v) is 3.19. The van der Waals surface area contributed by atoms with Crippen molar-refractivity contribution in [3.05, 3.63) is 29.8 Å². The van der Waals surface area contributed by atoms with Crippen molar-refractivity contribution in [2.24, 2.45) is 0 Å². The highest BCUT2D eigenvalue weighted by Gasteiger charge is 2.27. The standard InChI is InChI=1S/C13H19N3O/c1-2-12-13(17)15-7-8-16(12)9-10-3-5-11(14)6-4-10/h3-6,12H,2,7-9,14H2,1H3,(H,15,17). The average Bonchev–Trinajstić information content (AvgIpc) is 2.32. The number of nitrogen functional groups attached to an aromatic ring is 1. The Morgan fingerprint density at radius 2 is 2.12 bits per heavy atom. The van der Waals surface area contributed by atoms with Crippen molar-refractivity contribution in [2.75, 3.05) is 18.8 Å². The molecule has 4 heteroatoms. The van der Waals surface area contributed by atoms with Gasteiger partial charge in [0.25, 0.3) is 0 Å². The second kappa shape index (κ2) is 5.19. The summed E-state index contributed by atoms with van der Waals surface area (Å²) < 4.78 is 0. The molecule has 0 radical (unpaired) electrons. The quantitative estimate of drug-likeness (QED) is 0.765. The summed E-state index contributed by atoms with van der Waals surface area (Å²) in [4.78, 5) is 13.9. The summed E-state index contributed by atoms with van der Waals surface area (Å²) in [5.74, 6) is 0.147. The van der Waals surface area contributed by atoms with Gasteiger partial charge in [0.15, 0.2) is 0 Å². The van der Waals surface area contributed by atoms with E-state index in [0.717, 1.165) is 31.7 Å². The van der Waals surface area contributed by atoms with Crippen LogP contribution in [0.25, 0.3) is 0 Å². The molecule has 1 aliphatic heterocycles. The number of nitrogens with one attached hydrogen (secondary N) is 1. The van der Waals surface area contributed by atoms with E-state index in [9.17, 15) is 4.79 Å². The molecular weight excluding hydrogens is 214 g/mol. The topological polar surface area (TPSA) is 58.4 Å². The maximum Gasteiger partial charge on any atom is 0.237 e. The Morgan fingerprint density at radius 3 is 2.76 bits per heavy atom. The molecule has 4 nitrogen and oxygen atoms in total. The summed E-state index contributed by atoms with van der Waals surface area (Å²) in [7, 11) is 0. The van der Waals surface area contributed by atoms with Crippen LogP contribution in [-0.2, 0) is 11.3 Å². The summed E-state index contributed by atoms with van der Waals surface area (Å²) in [5.41, 5.74) is 7.63. The van der Waals surface area contributed by atoms with Gasteiger partial charge in [-0.15, -0.1) is 0 Å². The van der Waals surface area contributed by atoms with Gasteiger partial charge in [0.1, 0.15) is 0 Å². The SMILES string of the molecule is CCC1C(=O)NCCN1Cc1ccc(N)cc1. The van der Waals surface area contributed by atoms with Gasteiger partial charge in [-0.25, -0.2) is 0 Å². The lowest BCUT2D eigenvalue weighted by Gasteiger charge is -2.34. The monoisotopic (exact) mass is 233 g/mol. The molecule has 1 fully saturated rings. The number of anilines is 1. The molecule has 1 aromatic carbocycles. The number of carbonyl (C=O) groups is 1. The van der Waals surface area contributed by atoms with Crippen LogP contribution in [0.2, 0.25) is 0 Å². The van der Waals surface area contributed by atoms with Crippen LogP contribution in [-0.4, -0.2) is 29.9 Å². The first-order chi connectivity index (χ1) is 8.20. The van der Waals surface area contributed by atoms with Crippen LogP contribution >= 0.6 is 0 Å². The predicted molar refractivity (Wildman–Crippen MR) is 68.4 cm³/mol. The van der Waals surface area contributed by atoms with E-state index in [1.54, 1.807) is 0 Å². The van der Waals surface area contributed by atoms with Crippen molar-refractivity contribution >= 4 is 11.6 Å². The van der Waals surface area contributed by atoms with Crippen LogP contribution in [0.3, 0.4) is 0 Å². The summed E-state index contributed by atoms with van der Waals surface area (Å²) in [6.45, 7) is 4.51. The molecule has 1 atom stereocenters. The molecule has 92 valence electrons. The van der Waals surface area contributed by atoms with Gasteiger partial charge in [-0.3, -0.25) is 9.69 Å². The number of benzene rings is 1. The number of amides is 1. The van der Waals surface area contributed by atoms with Crippen molar-refractivity contribution in [3.8, 4) is 0 Å². The Balaban J connectivity index is 2.06. The van der Waals surface area contributed by atoms with Crippen molar-refractivity contribution in [1.82, 2.24) is 10.2 Å². The third kappa shape index (κ3) is 2.77. The smallest absolute Gasteiger partial charge is 0.237 e. The van der Waals surface area contributed by atoms with E-state index in [2.05, 4.69) is 10.2 Å². The molecule has 0 aromatic heterocycles. The first kappa shape index (κ1) is 11.9. The van der Waals surface area contributed by atoms with Crippen molar-refractivity contribution in [1.29, 1.82) is 0 Å². The largest absolute Gasteiger partial charge is 0.399 e. The van der Waals surface area contributed by atoms with E-state index in [1.807, 2.05) is 31.2 Å². The third-order valence-electron chi connectivity index (χ3n) is 3.19. The van der Waals surface area contributed by atoms with Gasteiger partial charge in [0.2, 0.25) is 5.91 Å². The first-order valence-electron chi connectivity index (χ1n) is 6.07. The van der Waals surface area contributed by atoms with Crippen LogP contribution < -0.4 is 11.1 Å². The van der Waals surface area contributed by atoms with E-state index in [-0.39, 0.29) is 11.9 Å². The minimum atomic E-state index is 0.00121. The molecule has 1 heterocycles. The summed E-state index contributed by atoms with van der Waals surface area (Å²) in [6, 6.07) is 7.85. The second-order valence-corrected chi connectivity index (χ2v) is 4.43. The number of rotatable bonds is 3. The van der Waals surface area contributed by atoms with Gasteiger partial charge < -0.3 is 11.1 Å². The fourth-order valence-corrected chi connectivity index (χ4v) is 2.25. The molecule has 1 aliphatic rings. The highest BCUT2D eigenvalue weighted by atomic mass is 16.2. The number of hydrogen-bond donors (Lipinski definition) is 2. The van der Waals surface area contributed by atoms with Crippen LogP contribution in [0, 0.1) is 0 Å².